The quantitative estimate of drug-likeness (QED) is 0.534. The highest BCUT2D eigenvalue weighted by Crippen LogP contribution is 2.26. The Morgan fingerprint density at radius 3 is 2.62 bits per heavy atom. The average Bonchev–Trinajstić information content (AvgIpc) is 2.70. The molecule has 0 saturated carbocycles. The van der Waals surface area contributed by atoms with Crippen molar-refractivity contribution >= 4 is 22.4 Å². The van der Waals surface area contributed by atoms with Crippen molar-refractivity contribution in [2.75, 3.05) is 0 Å². The molecule has 1 heterocycles. The summed E-state index contributed by atoms with van der Waals surface area (Å²) >= 11 is 0. The first-order valence-corrected chi connectivity index (χ1v) is 4.81. The van der Waals surface area contributed by atoms with Gasteiger partial charge in [-0.05, 0) is 13.0 Å². The van der Waals surface area contributed by atoms with Gasteiger partial charge >= 0.3 is 5.97 Å². The van der Waals surface area contributed by atoms with Crippen molar-refractivity contribution < 1.29 is 15.0 Å². The van der Waals surface area contributed by atoms with Crippen LogP contribution in [0.5, 0.6) is 0 Å². The zero-order valence-electron chi connectivity index (χ0n) is 8.69. The number of aliphatic hydroxyl groups is 1. The highest BCUT2D eigenvalue weighted by atomic mass is 16.4. The lowest BCUT2D eigenvalue weighted by Crippen LogP contribution is -2.01. The van der Waals surface area contributed by atoms with E-state index in [-0.39, 0.29) is 0 Å². The molecule has 0 amide bonds. The van der Waals surface area contributed by atoms with E-state index in [1.54, 1.807) is 13.1 Å². The molecule has 0 radical (unpaired) electrons. The van der Waals surface area contributed by atoms with E-state index < -0.39 is 11.7 Å². The van der Waals surface area contributed by atoms with Gasteiger partial charge in [-0.3, -0.25) is 0 Å². The van der Waals surface area contributed by atoms with Gasteiger partial charge < -0.3 is 15.2 Å². The van der Waals surface area contributed by atoms with Crippen molar-refractivity contribution in [2.24, 2.45) is 0 Å². The molecular weight excluding hydrogens is 206 g/mol. The van der Waals surface area contributed by atoms with Crippen LogP contribution in [0.1, 0.15) is 12.5 Å². The van der Waals surface area contributed by atoms with E-state index in [2.05, 4.69) is 4.98 Å². The molecule has 1 aromatic heterocycles. The van der Waals surface area contributed by atoms with E-state index >= 15 is 0 Å². The molecule has 0 unspecified atom stereocenters. The van der Waals surface area contributed by atoms with Gasteiger partial charge in [0.25, 0.3) is 0 Å². The van der Waals surface area contributed by atoms with Crippen LogP contribution in [0.3, 0.4) is 0 Å². The normalized spacial score (nSPS) is 12.6. The van der Waals surface area contributed by atoms with E-state index in [0.717, 1.165) is 10.9 Å². The number of rotatable bonds is 2. The Morgan fingerprint density at radius 2 is 1.94 bits per heavy atom. The van der Waals surface area contributed by atoms with Gasteiger partial charge in [0.2, 0.25) is 5.76 Å². The summed E-state index contributed by atoms with van der Waals surface area (Å²) in [6, 6.07) is 7.52. The van der Waals surface area contributed by atoms with E-state index in [0.29, 0.717) is 11.1 Å². The molecule has 1 aromatic carbocycles. The van der Waals surface area contributed by atoms with Gasteiger partial charge in [-0.15, -0.1) is 0 Å². The summed E-state index contributed by atoms with van der Waals surface area (Å²) in [5, 5.41) is 19.0. The Bertz CT molecular complexity index is 581. The van der Waals surface area contributed by atoms with Crippen LogP contribution in [0, 0.1) is 0 Å². The number of nitrogens with one attached hydrogen (secondary N) is 1. The third-order valence-corrected chi connectivity index (χ3v) is 2.55. The van der Waals surface area contributed by atoms with Crippen LogP contribution in [0.4, 0.5) is 0 Å². The second-order valence-corrected chi connectivity index (χ2v) is 3.53. The largest absolute Gasteiger partial charge is 0.502 e. The number of allylic oxidation sites excluding steroid dienone is 1. The molecule has 4 nitrogen and oxygen atoms in total. The monoisotopic (exact) mass is 217 g/mol. The maximum atomic E-state index is 10.7. The first-order chi connectivity index (χ1) is 7.61. The molecule has 4 heteroatoms. The Balaban J connectivity index is 2.65. The van der Waals surface area contributed by atoms with Gasteiger partial charge in [-0.25, -0.2) is 4.79 Å². The summed E-state index contributed by atoms with van der Waals surface area (Å²) in [5.41, 5.74) is 1.97. The van der Waals surface area contributed by atoms with E-state index in [9.17, 15) is 9.90 Å². The zero-order valence-corrected chi connectivity index (χ0v) is 8.69. The summed E-state index contributed by atoms with van der Waals surface area (Å²) in [6.07, 6.45) is 1.69. The van der Waals surface area contributed by atoms with Crippen LogP contribution >= 0.6 is 0 Å². The second-order valence-electron chi connectivity index (χ2n) is 3.53. The molecule has 0 atom stereocenters. The summed E-state index contributed by atoms with van der Waals surface area (Å²) in [4.78, 5) is 13.7. The summed E-state index contributed by atoms with van der Waals surface area (Å²) in [6.45, 7) is 1.58. The number of hydrogen-bond acceptors (Lipinski definition) is 2. The number of carboxylic acids is 1. The second kappa shape index (κ2) is 3.73. The lowest BCUT2D eigenvalue weighted by molar-refractivity contribution is -0.135. The Morgan fingerprint density at radius 1 is 1.25 bits per heavy atom. The average molecular weight is 217 g/mol. The van der Waals surface area contributed by atoms with Crippen LogP contribution in [-0.4, -0.2) is 21.2 Å². The van der Waals surface area contributed by atoms with E-state index in [1.807, 2.05) is 24.3 Å². The number of aromatic amines is 1. The Hall–Kier alpha value is -2.23. The number of carboxylic acid groups (broad SMARTS) is 1. The number of aromatic nitrogens is 1. The Kier molecular flexibility index (Phi) is 2.40. The van der Waals surface area contributed by atoms with Gasteiger partial charge in [-0.2, -0.15) is 0 Å². The first kappa shape index (κ1) is 10.3. The first-order valence-electron chi connectivity index (χ1n) is 4.81. The predicted molar refractivity (Wildman–Crippen MR) is 61.2 cm³/mol. The molecule has 0 saturated heterocycles. The van der Waals surface area contributed by atoms with Gasteiger partial charge in [0.15, 0.2) is 0 Å². The van der Waals surface area contributed by atoms with Crippen molar-refractivity contribution in [3.8, 4) is 0 Å². The lowest BCUT2D eigenvalue weighted by atomic mass is 10.1. The smallest absolute Gasteiger partial charge is 0.371 e. The van der Waals surface area contributed by atoms with E-state index in [4.69, 9.17) is 5.11 Å². The third-order valence-electron chi connectivity index (χ3n) is 2.55. The number of fused-ring (bicyclic) bond motifs is 1. The number of benzene rings is 1. The number of hydrogen-bond donors (Lipinski definition) is 3. The highest BCUT2D eigenvalue weighted by molar-refractivity contribution is 5.99. The van der Waals surface area contributed by atoms with Crippen LogP contribution in [0.25, 0.3) is 16.5 Å². The van der Waals surface area contributed by atoms with Crippen molar-refractivity contribution in [2.45, 2.75) is 6.92 Å². The molecule has 0 aliphatic rings. The van der Waals surface area contributed by atoms with Crippen LogP contribution in [-0.2, 0) is 4.79 Å². The molecule has 2 aromatic rings. The molecule has 82 valence electrons. The zero-order chi connectivity index (χ0) is 11.7. The summed E-state index contributed by atoms with van der Waals surface area (Å²) in [7, 11) is 0. The number of aliphatic hydroxyl groups excluding tert-OH is 1. The van der Waals surface area contributed by atoms with Crippen LogP contribution < -0.4 is 0 Å². The molecule has 16 heavy (non-hydrogen) atoms. The number of H-pyrrole nitrogens is 1. The maximum Gasteiger partial charge on any atom is 0.371 e. The molecule has 0 spiro atoms. The summed E-state index contributed by atoms with van der Waals surface area (Å²) < 4.78 is 0. The lowest BCUT2D eigenvalue weighted by Gasteiger charge is -2.01. The fourth-order valence-electron chi connectivity index (χ4n) is 1.67. The van der Waals surface area contributed by atoms with Gasteiger partial charge in [-0.1, -0.05) is 18.2 Å². The fraction of sp³-hybridized carbons (Fsp3) is 0.0833. The fourth-order valence-corrected chi connectivity index (χ4v) is 1.67. The standard InChI is InChI=1S/C12H11NO3/c1-7(11(14)12(15)16)9-6-13-10-5-3-2-4-8(9)10/h2-6,13-14H,1H3,(H,15,16)/b11-7+. The molecule has 0 aliphatic carbocycles. The van der Waals surface area contributed by atoms with Crippen molar-refractivity contribution in [3.05, 3.63) is 41.8 Å². The molecule has 0 bridgehead atoms. The minimum Gasteiger partial charge on any atom is -0.502 e. The third kappa shape index (κ3) is 1.54. The van der Waals surface area contributed by atoms with Crippen molar-refractivity contribution in [1.29, 1.82) is 0 Å². The van der Waals surface area contributed by atoms with Crippen LogP contribution in [0.2, 0.25) is 0 Å². The van der Waals surface area contributed by atoms with Crippen molar-refractivity contribution in [3.63, 3.8) is 0 Å². The minimum absolute atomic E-state index is 0.352. The molecule has 2 rings (SSSR count). The maximum absolute atomic E-state index is 10.7. The molecule has 0 aliphatic heterocycles. The Labute approximate surface area is 91.8 Å². The number of aliphatic carboxylic acids is 1. The molecular formula is C12H11NO3. The van der Waals surface area contributed by atoms with Crippen LogP contribution in [0.15, 0.2) is 36.2 Å². The predicted octanol–water partition coefficient (Wildman–Crippen LogP) is 2.54. The van der Waals surface area contributed by atoms with Gasteiger partial charge in [0.1, 0.15) is 0 Å². The minimum atomic E-state index is -1.32. The summed E-state index contributed by atoms with van der Waals surface area (Å²) in [5.74, 6) is -1.94. The number of carbonyl (C=O) groups is 1. The number of para-hydroxylation sites is 1. The molecule has 0 fully saturated rings. The SMILES string of the molecule is C/C(=C(\O)C(=O)O)c1c[nH]c2ccccc12. The topological polar surface area (TPSA) is 73.3 Å². The van der Waals surface area contributed by atoms with Gasteiger partial charge in [0.05, 0.1) is 0 Å². The van der Waals surface area contributed by atoms with E-state index in [1.165, 1.54) is 0 Å². The highest BCUT2D eigenvalue weighted by Gasteiger charge is 2.13. The van der Waals surface area contributed by atoms with Gasteiger partial charge in [0, 0.05) is 28.2 Å². The van der Waals surface area contributed by atoms with Crippen molar-refractivity contribution in [1.82, 2.24) is 4.98 Å². The molecule has 3 N–H and O–H groups in total.